The van der Waals surface area contributed by atoms with Crippen molar-refractivity contribution in [1.82, 2.24) is 0 Å². The molecule has 1 aliphatic rings. The van der Waals surface area contributed by atoms with Crippen LogP contribution in [0, 0.1) is 0 Å². The molecule has 0 aromatic heterocycles. The molecule has 22 heavy (non-hydrogen) atoms. The Morgan fingerprint density at radius 2 is 1.23 bits per heavy atom. The third kappa shape index (κ3) is 2.19. The molecule has 3 nitrogen and oxygen atoms in total. The standard InChI is InChI=1S/C18H16O3S/c1-22(19,20)21-12-10-17-15-8-4-2-6-13(15)14-7-3-5-9-16(14)18(17)11-12/h2-9,12H,10-11H2,1H3. The lowest BCUT2D eigenvalue weighted by atomic mass is 9.93. The van der Waals surface area contributed by atoms with E-state index in [0.29, 0.717) is 12.8 Å². The Hall–Kier alpha value is -1.91. The van der Waals surface area contributed by atoms with Gasteiger partial charge in [-0.3, -0.25) is 4.18 Å². The van der Waals surface area contributed by atoms with Crippen LogP contribution in [0.15, 0.2) is 48.5 Å². The van der Waals surface area contributed by atoms with E-state index < -0.39 is 10.1 Å². The van der Waals surface area contributed by atoms with E-state index in [1.807, 2.05) is 24.3 Å². The average Bonchev–Trinajstić information content (AvgIpc) is 2.89. The van der Waals surface area contributed by atoms with Gasteiger partial charge in [-0.25, -0.2) is 0 Å². The number of hydrogen-bond donors (Lipinski definition) is 0. The summed E-state index contributed by atoms with van der Waals surface area (Å²) in [6.07, 6.45) is 2.12. The normalized spacial score (nSPS) is 15.5. The Kier molecular flexibility index (Phi) is 2.99. The van der Waals surface area contributed by atoms with Gasteiger partial charge in [-0.2, -0.15) is 8.42 Å². The zero-order valence-corrected chi connectivity index (χ0v) is 13.1. The van der Waals surface area contributed by atoms with E-state index in [2.05, 4.69) is 24.3 Å². The number of rotatable bonds is 2. The topological polar surface area (TPSA) is 43.4 Å². The SMILES string of the molecule is CS(=O)(=O)OC1Cc2c(c3ccccc3c3ccccc23)C1. The molecule has 0 saturated heterocycles. The van der Waals surface area contributed by atoms with Crippen LogP contribution in [0.2, 0.25) is 0 Å². The van der Waals surface area contributed by atoms with Crippen LogP contribution in [0.1, 0.15) is 11.1 Å². The van der Waals surface area contributed by atoms with E-state index in [4.69, 9.17) is 4.18 Å². The molecule has 1 aliphatic carbocycles. The molecule has 0 atom stereocenters. The molecule has 0 radical (unpaired) electrons. The first-order chi connectivity index (χ1) is 10.5. The molecule has 0 spiro atoms. The van der Waals surface area contributed by atoms with Gasteiger partial charge in [-0.05, 0) is 32.7 Å². The van der Waals surface area contributed by atoms with Crippen LogP contribution in [0.5, 0.6) is 0 Å². The summed E-state index contributed by atoms with van der Waals surface area (Å²) >= 11 is 0. The Morgan fingerprint density at radius 3 is 1.64 bits per heavy atom. The van der Waals surface area contributed by atoms with Crippen molar-refractivity contribution in [2.75, 3.05) is 6.26 Å². The molecule has 0 N–H and O–H groups in total. The molecular formula is C18H16O3S. The number of hydrogen-bond acceptors (Lipinski definition) is 3. The van der Waals surface area contributed by atoms with Crippen molar-refractivity contribution in [2.45, 2.75) is 18.9 Å². The summed E-state index contributed by atoms with van der Waals surface area (Å²) < 4.78 is 28.1. The van der Waals surface area contributed by atoms with Gasteiger partial charge in [0.25, 0.3) is 10.1 Å². The van der Waals surface area contributed by atoms with E-state index in [1.54, 1.807) is 0 Å². The third-order valence-electron chi connectivity index (χ3n) is 4.33. The lowest BCUT2D eigenvalue weighted by molar-refractivity contribution is 0.224. The van der Waals surface area contributed by atoms with E-state index in [9.17, 15) is 8.42 Å². The zero-order chi connectivity index (χ0) is 15.3. The fourth-order valence-corrected chi connectivity index (χ4v) is 4.23. The van der Waals surface area contributed by atoms with Crippen LogP contribution in [0.25, 0.3) is 21.5 Å². The van der Waals surface area contributed by atoms with Gasteiger partial charge in [-0.15, -0.1) is 0 Å². The first-order valence-corrected chi connectivity index (χ1v) is 9.14. The smallest absolute Gasteiger partial charge is 0.264 e. The molecule has 112 valence electrons. The van der Waals surface area contributed by atoms with Crippen molar-refractivity contribution in [3.63, 3.8) is 0 Å². The Balaban J connectivity index is 1.97. The van der Waals surface area contributed by atoms with Crippen LogP contribution in [0.4, 0.5) is 0 Å². The highest BCUT2D eigenvalue weighted by Gasteiger charge is 2.28. The van der Waals surface area contributed by atoms with E-state index >= 15 is 0 Å². The fourth-order valence-electron chi connectivity index (χ4n) is 3.60. The van der Waals surface area contributed by atoms with Gasteiger partial charge >= 0.3 is 0 Å². The lowest BCUT2D eigenvalue weighted by Gasteiger charge is -2.10. The van der Waals surface area contributed by atoms with Crippen LogP contribution in [0.3, 0.4) is 0 Å². The largest absolute Gasteiger partial charge is 0.266 e. The highest BCUT2D eigenvalue weighted by molar-refractivity contribution is 7.86. The van der Waals surface area contributed by atoms with Gasteiger partial charge in [0.05, 0.1) is 12.4 Å². The summed E-state index contributed by atoms with van der Waals surface area (Å²) in [7, 11) is -3.43. The van der Waals surface area contributed by atoms with Crippen molar-refractivity contribution in [2.24, 2.45) is 0 Å². The maximum Gasteiger partial charge on any atom is 0.264 e. The molecule has 4 rings (SSSR count). The van der Waals surface area contributed by atoms with Crippen LogP contribution in [-0.4, -0.2) is 20.8 Å². The van der Waals surface area contributed by atoms with Gasteiger partial charge in [0, 0.05) is 12.8 Å². The first-order valence-electron chi connectivity index (χ1n) is 7.32. The molecule has 4 heteroatoms. The summed E-state index contributed by atoms with van der Waals surface area (Å²) in [5, 5.41) is 4.85. The Morgan fingerprint density at radius 1 is 0.818 bits per heavy atom. The summed E-state index contributed by atoms with van der Waals surface area (Å²) in [5.74, 6) is 0. The fraction of sp³-hybridized carbons (Fsp3) is 0.222. The van der Waals surface area contributed by atoms with Gasteiger partial charge in [0.1, 0.15) is 0 Å². The quantitative estimate of drug-likeness (QED) is 0.538. The average molecular weight is 312 g/mol. The van der Waals surface area contributed by atoms with Gasteiger partial charge in [0.2, 0.25) is 0 Å². The molecule has 0 heterocycles. The van der Waals surface area contributed by atoms with Crippen LogP contribution < -0.4 is 0 Å². The molecule has 0 unspecified atom stereocenters. The predicted octanol–water partition coefficient (Wildman–Crippen LogP) is 3.44. The second-order valence-electron chi connectivity index (χ2n) is 5.88. The lowest BCUT2D eigenvalue weighted by Crippen LogP contribution is -2.17. The van der Waals surface area contributed by atoms with Gasteiger partial charge in [-0.1, -0.05) is 48.5 Å². The van der Waals surface area contributed by atoms with Crippen LogP contribution in [-0.2, 0) is 27.1 Å². The molecule has 0 saturated carbocycles. The molecule has 0 amide bonds. The van der Waals surface area contributed by atoms with Crippen LogP contribution >= 0.6 is 0 Å². The minimum Gasteiger partial charge on any atom is -0.266 e. The minimum absolute atomic E-state index is 0.292. The maximum absolute atomic E-state index is 11.4. The van der Waals surface area contributed by atoms with Crippen molar-refractivity contribution in [1.29, 1.82) is 0 Å². The summed E-state index contributed by atoms with van der Waals surface area (Å²) in [5.41, 5.74) is 2.45. The molecule has 0 fully saturated rings. The van der Waals surface area contributed by atoms with Gasteiger partial charge < -0.3 is 0 Å². The Labute approximate surface area is 129 Å². The molecule has 0 aliphatic heterocycles. The van der Waals surface area contributed by atoms with Crippen molar-refractivity contribution in [3.8, 4) is 0 Å². The van der Waals surface area contributed by atoms with E-state index in [1.165, 1.54) is 32.7 Å². The highest BCUT2D eigenvalue weighted by Crippen LogP contribution is 2.38. The maximum atomic E-state index is 11.4. The van der Waals surface area contributed by atoms with Crippen molar-refractivity contribution in [3.05, 3.63) is 59.7 Å². The first kappa shape index (κ1) is 13.7. The Bertz CT molecular complexity index is 925. The predicted molar refractivity (Wildman–Crippen MR) is 88.6 cm³/mol. The summed E-state index contributed by atoms with van der Waals surface area (Å²) in [6.45, 7) is 0. The zero-order valence-electron chi connectivity index (χ0n) is 12.2. The molecule has 3 aromatic carbocycles. The number of benzene rings is 3. The van der Waals surface area contributed by atoms with Crippen molar-refractivity contribution < 1.29 is 12.6 Å². The van der Waals surface area contributed by atoms with Crippen molar-refractivity contribution >= 4 is 31.7 Å². The minimum atomic E-state index is -3.43. The second kappa shape index (κ2) is 4.80. The van der Waals surface area contributed by atoms with E-state index in [-0.39, 0.29) is 6.10 Å². The summed E-state index contributed by atoms with van der Waals surface area (Å²) in [4.78, 5) is 0. The van der Waals surface area contributed by atoms with E-state index in [0.717, 1.165) is 6.26 Å². The molecule has 0 bridgehead atoms. The monoisotopic (exact) mass is 312 g/mol. The second-order valence-corrected chi connectivity index (χ2v) is 7.48. The molecular weight excluding hydrogens is 296 g/mol. The summed E-state index contributed by atoms with van der Waals surface area (Å²) in [6, 6.07) is 16.6. The third-order valence-corrected chi connectivity index (χ3v) is 4.96. The number of fused-ring (bicyclic) bond motifs is 6. The molecule has 3 aromatic rings. The highest BCUT2D eigenvalue weighted by atomic mass is 32.2. The van der Waals surface area contributed by atoms with Gasteiger partial charge in [0.15, 0.2) is 0 Å².